The van der Waals surface area contributed by atoms with Gasteiger partial charge < -0.3 is 29.8 Å². The number of cyclic esters (lactones) is 1. The molecule has 2 atom stereocenters. The summed E-state index contributed by atoms with van der Waals surface area (Å²) in [6.07, 6.45) is -1.85. The minimum absolute atomic E-state index is 0.0882. The van der Waals surface area contributed by atoms with Gasteiger partial charge in [-0.05, 0) is 0 Å². The number of ether oxygens (including phenoxy) is 1. The highest BCUT2D eigenvalue weighted by Crippen LogP contribution is 2.28. The molecule has 0 saturated carbocycles. The molecule has 4 N–H and O–H groups in total. The standard InChI is InChI=1S/C6H7ClO8/c8-1-6(12,15-7-13)4-2(9)3(10)5(11)14-4/h4,8-10,12H,1H2/t4-,6+/m0/s1. The predicted molar refractivity (Wildman–Crippen MR) is 35.3 cm³/mol. The maximum absolute atomic E-state index is 10.7. The van der Waals surface area contributed by atoms with E-state index in [-0.39, 0.29) is 11.3 Å². The van der Waals surface area contributed by atoms with E-state index < -0.39 is 36.0 Å². The van der Waals surface area contributed by atoms with Gasteiger partial charge in [0.1, 0.15) is 6.61 Å². The molecular formula is C6H7ClO8. The topological polar surface area (TPSA) is 140 Å². The number of hydrogen-bond acceptors (Lipinski definition) is 8. The number of aliphatic hydroxyl groups excluding tert-OH is 3. The van der Waals surface area contributed by atoms with Crippen molar-refractivity contribution in [3.8, 4) is 0 Å². The lowest BCUT2D eigenvalue weighted by atomic mass is 10.1. The first-order valence-corrected chi connectivity index (χ1v) is 4.19. The monoisotopic (exact) mass is 242 g/mol. The first kappa shape index (κ1) is 12.0. The maximum Gasteiger partial charge on any atom is 0.378 e. The van der Waals surface area contributed by atoms with Gasteiger partial charge in [-0.25, -0.2) is 4.79 Å². The molecule has 0 aromatic rings. The van der Waals surface area contributed by atoms with E-state index in [1.54, 1.807) is 0 Å². The SMILES string of the molecule is O=C1O[C@H]([C@@](O)(CO)O[Cl+][O-])C(O)=C1O. The van der Waals surface area contributed by atoms with Gasteiger partial charge >= 0.3 is 17.3 Å². The smallest absolute Gasteiger partial charge is 0.378 e. The summed E-state index contributed by atoms with van der Waals surface area (Å²) >= 11 is -0.0882. The van der Waals surface area contributed by atoms with Crippen molar-refractivity contribution in [2.24, 2.45) is 0 Å². The second-order valence-corrected chi connectivity index (χ2v) is 2.94. The van der Waals surface area contributed by atoms with Gasteiger partial charge in [0.05, 0.1) is 0 Å². The number of aliphatic hydroxyl groups is 4. The number of esters is 1. The second-order valence-electron chi connectivity index (χ2n) is 2.66. The zero-order valence-electron chi connectivity index (χ0n) is 7.08. The molecule has 9 heteroatoms. The fourth-order valence-corrected chi connectivity index (χ4v) is 1.19. The molecule has 15 heavy (non-hydrogen) atoms. The third-order valence-corrected chi connectivity index (χ3v) is 2.04. The molecule has 0 amide bonds. The van der Waals surface area contributed by atoms with Crippen molar-refractivity contribution >= 4 is 5.97 Å². The molecule has 0 aliphatic carbocycles. The maximum atomic E-state index is 10.7. The van der Waals surface area contributed by atoms with Crippen molar-refractivity contribution in [1.29, 1.82) is 0 Å². The Balaban J connectivity index is 2.94. The van der Waals surface area contributed by atoms with Gasteiger partial charge in [-0.2, -0.15) is 0 Å². The van der Waals surface area contributed by atoms with E-state index in [9.17, 15) is 14.6 Å². The normalized spacial score (nSPS) is 25.3. The number of carbonyl (C=O) groups is 1. The number of halogens is 1. The van der Waals surface area contributed by atoms with Gasteiger partial charge in [0.15, 0.2) is 5.76 Å². The minimum Gasteiger partial charge on any atom is -0.506 e. The third kappa shape index (κ3) is 1.98. The van der Waals surface area contributed by atoms with Gasteiger partial charge in [0.2, 0.25) is 11.9 Å². The van der Waals surface area contributed by atoms with Crippen molar-refractivity contribution in [3.05, 3.63) is 11.5 Å². The fraction of sp³-hybridized carbons (Fsp3) is 0.500. The van der Waals surface area contributed by atoms with E-state index >= 15 is 0 Å². The second kappa shape index (κ2) is 4.21. The fourth-order valence-electron chi connectivity index (χ4n) is 0.955. The summed E-state index contributed by atoms with van der Waals surface area (Å²) in [6.45, 7) is -1.13. The number of hydrogen-bond donors (Lipinski definition) is 4. The Morgan fingerprint density at radius 1 is 1.60 bits per heavy atom. The van der Waals surface area contributed by atoms with E-state index in [1.165, 1.54) is 0 Å². The average Bonchev–Trinajstić information content (AvgIpc) is 2.47. The quantitative estimate of drug-likeness (QED) is 0.306. The molecule has 0 bridgehead atoms. The Morgan fingerprint density at radius 2 is 2.20 bits per heavy atom. The lowest BCUT2D eigenvalue weighted by Gasteiger charge is -2.23. The molecule has 0 saturated heterocycles. The number of carbonyl (C=O) groups excluding carboxylic acids is 1. The molecule has 0 aromatic carbocycles. The summed E-state index contributed by atoms with van der Waals surface area (Å²) in [6, 6.07) is 0. The first-order chi connectivity index (χ1) is 6.96. The van der Waals surface area contributed by atoms with Crippen molar-refractivity contribution in [2.45, 2.75) is 11.9 Å². The van der Waals surface area contributed by atoms with E-state index in [0.717, 1.165) is 0 Å². The van der Waals surface area contributed by atoms with Crippen LogP contribution in [0.2, 0.25) is 0 Å². The van der Waals surface area contributed by atoms with Gasteiger partial charge in [0.25, 0.3) is 5.79 Å². The highest BCUT2D eigenvalue weighted by Gasteiger charge is 2.53. The van der Waals surface area contributed by atoms with Gasteiger partial charge in [-0.1, -0.05) is 4.29 Å². The lowest BCUT2D eigenvalue weighted by Crippen LogP contribution is -2.50. The number of rotatable bonds is 4. The molecule has 86 valence electrons. The highest BCUT2D eigenvalue weighted by atomic mass is 35.6. The van der Waals surface area contributed by atoms with Crippen LogP contribution in [-0.4, -0.2) is 44.9 Å². The summed E-state index contributed by atoms with van der Waals surface area (Å²) in [4.78, 5) is 10.7. The van der Waals surface area contributed by atoms with E-state index in [4.69, 9.17) is 15.3 Å². The molecule has 0 unspecified atom stereocenters. The lowest BCUT2D eigenvalue weighted by molar-refractivity contribution is -1.28. The van der Waals surface area contributed by atoms with E-state index in [2.05, 4.69) is 9.03 Å². The van der Waals surface area contributed by atoms with Crippen LogP contribution in [0.25, 0.3) is 0 Å². The van der Waals surface area contributed by atoms with Crippen LogP contribution in [0.15, 0.2) is 11.5 Å². The molecule has 1 aliphatic rings. The van der Waals surface area contributed by atoms with Crippen LogP contribution in [-0.2, 0) is 13.8 Å². The van der Waals surface area contributed by atoms with Crippen molar-refractivity contribution in [1.82, 2.24) is 0 Å². The Morgan fingerprint density at radius 3 is 2.53 bits per heavy atom. The van der Waals surface area contributed by atoms with Crippen molar-refractivity contribution in [3.63, 3.8) is 0 Å². The van der Waals surface area contributed by atoms with Gasteiger partial charge in [-0.15, -0.1) is 0 Å². The average molecular weight is 243 g/mol. The molecular weight excluding hydrogens is 236 g/mol. The van der Waals surface area contributed by atoms with Crippen molar-refractivity contribution < 1.29 is 50.2 Å². The van der Waals surface area contributed by atoms with Crippen LogP contribution in [0, 0.1) is 11.3 Å². The van der Waals surface area contributed by atoms with Crippen LogP contribution in [0.4, 0.5) is 0 Å². The van der Waals surface area contributed by atoms with Crippen LogP contribution in [0.3, 0.4) is 0 Å². The van der Waals surface area contributed by atoms with Crippen LogP contribution >= 0.6 is 0 Å². The zero-order chi connectivity index (χ0) is 11.6. The summed E-state index contributed by atoms with van der Waals surface area (Å²) in [5.41, 5.74) is 0. The molecule has 1 aliphatic heterocycles. The third-order valence-electron chi connectivity index (χ3n) is 1.71. The highest BCUT2D eigenvalue weighted by molar-refractivity contribution is 5.89. The van der Waals surface area contributed by atoms with Crippen LogP contribution in [0.5, 0.6) is 0 Å². The summed E-state index contributed by atoms with van der Waals surface area (Å²) in [7, 11) is 0. The Kier molecular flexibility index (Phi) is 3.37. The Labute approximate surface area is 87.0 Å². The van der Waals surface area contributed by atoms with Crippen molar-refractivity contribution in [2.75, 3.05) is 6.61 Å². The Hall–Kier alpha value is -1.06. The Bertz CT molecular complexity index is 302. The molecule has 0 radical (unpaired) electrons. The minimum atomic E-state index is -2.63. The molecule has 0 fully saturated rings. The molecule has 8 nitrogen and oxygen atoms in total. The molecule has 1 rings (SSSR count). The summed E-state index contributed by atoms with van der Waals surface area (Å²) in [5, 5.41) is 36.2. The van der Waals surface area contributed by atoms with E-state index in [0.29, 0.717) is 0 Å². The van der Waals surface area contributed by atoms with Gasteiger partial charge in [-0.3, -0.25) is 0 Å². The summed E-state index contributed by atoms with van der Waals surface area (Å²) in [5.74, 6) is -6.05. The molecule has 1 heterocycles. The zero-order valence-corrected chi connectivity index (χ0v) is 7.84. The predicted octanol–water partition coefficient (Wildman–Crippen LogP) is -2.79. The molecule has 0 spiro atoms. The van der Waals surface area contributed by atoms with Crippen LogP contribution < -0.4 is 4.66 Å². The van der Waals surface area contributed by atoms with Crippen LogP contribution in [0.1, 0.15) is 0 Å². The van der Waals surface area contributed by atoms with E-state index in [1.807, 2.05) is 0 Å². The first-order valence-electron chi connectivity index (χ1n) is 3.57. The van der Waals surface area contributed by atoms with Gasteiger partial charge in [0, 0.05) is 0 Å². The summed E-state index contributed by atoms with van der Waals surface area (Å²) < 4.78 is 18.3. The molecule has 0 aromatic heterocycles. The largest absolute Gasteiger partial charge is 0.506 e.